The Balaban J connectivity index is 2.08. The van der Waals surface area contributed by atoms with Gasteiger partial charge < -0.3 is 19.1 Å². The van der Waals surface area contributed by atoms with Gasteiger partial charge in [0.2, 0.25) is 0 Å². The summed E-state index contributed by atoms with van der Waals surface area (Å²) < 4.78 is 17.0. The minimum absolute atomic E-state index is 0.132. The second kappa shape index (κ2) is 7.57. The molecule has 154 valence electrons. The van der Waals surface area contributed by atoms with Crippen molar-refractivity contribution in [3.05, 3.63) is 58.4 Å². The van der Waals surface area contributed by atoms with Crippen molar-refractivity contribution in [1.82, 2.24) is 4.90 Å². The average Bonchev–Trinajstić information content (AvgIpc) is 2.99. The number of hydrogen-bond acceptors (Lipinski definition) is 7. The molecule has 0 saturated carbocycles. The monoisotopic (exact) mass is 402 g/mol. The number of ether oxygens (including phenoxy) is 3. The van der Waals surface area contributed by atoms with E-state index in [4.69, 9.17) is 14.2 Å². The molecule has 1 aromatic rings. The summed E-state index contributed by atoms with van der Waals surface area (Å²) >= 11 is 0. The van der Waals surface area contributed by atoms with Gasteiger partial charge in [-0.2, -0.15) is 0 Å². The third-order valence-electron chi connectivity index (χ3n) is 4.78. The van der Waals surface area contributed by atoms with Crippen molar-refractivity contribution < 1.29 is 28.7 Å². The quantitative estimate of drug-likeness (QED) is 0.311. The summed E-state index contributed by atoms with van der Waals surface area (Å²) in [5.74, 6) is -0.0651. The number of esters is 1. The summed E-state index contributed by atoms with van der Waals surface area (Å²) in [4.78, 5) is 36.8. The Morgan fingerprint density at radius 3 is 2.83 bits per heavy atom. The summed E-state index contributed by atoms with van der Waals surface area (Å²) in [6, 6.07) is 3.39. The van der Waals surface area contributed by atoms with E-state index in [0.717, 1.165) is 0 Å². The van der Waals surface area contributed by atoms with Gasteiger partial charge in [-0.1, -0.05) is 12.7 Å². The minimum Gasteiger partial charge on any atom is -0.492 e. The van der Waals surface area contributed by atoms with Gasteiger partial charge in [0.1, 0.15) is 29.8 Å². The first-order valence-corrected chi connectivity index (χ1v) is 9.03. The third-order valence-corrected chi connectivity index (χ3v) is 4.78. The van der Waals surface area contributed by atoms with Crippen molar-refractivity contribution in [2.45, 2.75) is 38.5 Å². The van der Waals surface area contributed by atoms with E-state index < -0.39 is 28.6 Å². The topological polar surface area (TPSA) is 108 Å². The fourth-order valence-corrected chi connectivity index (χ4v) is 3.58. The number of rotatable bonds is 6. The van der Waals surface area contributed by atoms with Gasteiger partial charge in [-0.25, -0.2) is 0 Å². The molecule has 2 atom stereocenters. The number of nitro groups is 1. The van der Waals surface area contributed by atoms with Crippen molar-refractivity contribution in [2.24, 2.45) is 0 Å². The summed E-state index contributed by atoms with van der Waals surface area (Å²) in [6.07, 6.45) is 2.03. The van der Waals surface area contributed by atoms with Gasteiger partial charge in [0.25, 0.3) is 11.6 Å². The zero-order valence-corrected chi connectivity index (χ0v) is 16.4. The molecular formula is C20H22N2O7. The Morgan fingerprint density at radius 2 is 2.21 bits per heavy atom. The molecule has 2 heterocycles. The smallest absolute Gasteiger partial charge is 0.303 e. The van der Waals surface area contributed by atoms with Crippen molar-refractivity contribution in [1.29, 1.82) is 0 Å². The normalized spacial score (nSPS) is 22.2. The molecule has 0 bridgehead atoms. The second-order valence-corrected chi connectivity index (χ2v) is 7.34. The summed E-state index contributed by atoms with van der Waals surface area (Å²) in [7, 11) is 0. The molecule has 2 aliphatic heterocycles. The number of non-ortho nitro benzene ring substituents is 1. The van der Waals surface area contributed by atoms with Gasteiger partial charge in [0.15, 0.2) is 6.10 Å². The van der Waals surface area contributed by atoms with Crippen LogP contribution in [-0.4, -0.2) is 46.6 Å². The van der Waals surface area contributed by atoms with Crippen LogP contribution in [0.4, 0.5) is 5.69 Å². The van der Waals surface area contributed by atoms with Crippen molar-refractivity contribution >= 4 is 17.6 Å². The highest BCUT2D eigenvalue weighted by Gasteiger charge is 2.51. The lowest BCUT2D eigenvalue weighted by molar-refractivity contribution is -0.385. The van der Waals surface area contributed by atoms with Crippen molar-refractivity contribution in [2.75, 3.05) is 13.2 Å². The van der Waals surface area contributed by atoms with Gasteiger partial charge in [0, 0.05) is 30.7 Å². The maximum atomic E-state index is 12.7. The molecule has 0 spiro atoms. The molecule has 0 aromatic heterocycles. The Morgan fingerprint density at radius 1 is 1.48 bits per heavy atom. The van der Waals surface area contributed by atoms with Crippen LogP contribution in [0.1, 0.15) is 32.4 Å². The van der Waals surface area contributed by atoms with Crippen LogP contribution < -0.4 is 4.74 Å². The van der Waals surface area contributed by atoms with E-state index in [-0.39, 0.29) is 24.7 Å². The number of hydrogen-bond donors (Lipinski definition) is 0. The number of nitrogens with zero attached hydrogens (tertiary/aromatic N) is 2. The first kappa shape index (κ1) is 20.4. The van der Waals surface area contributed by atoms with Gasteiger partial charge >= 0.3 is 5.97 Å². The highest BCUT2D eigenvalue weighted by molar-refractivity contribution is 5.91. The Bertz CT molecular complexity index is 906. The van der Waals surface area contributed by atoms with E-state index in [2.05, 4.69) is 6.58 Å². The van der Waals surface area contributed by atoms with E-state index in [9.17, 15) is 19.7 Å². The van der Waals surface area contributed by atoms with Crippen LogP contribution in [-0.2, 0) is 19.1 Å². The lowest BCUT2D eigenvalue weighted by Gasteiger charge is -2.46. The number of carbonyl (C=O) groups excluding carboxylic acids is 2. The predicted octanol–water partition coefficient (Wildman–Crippen LogP) is 2.67. The molecule has 0 saturated heterocycles. The first-order valence-electron chi connectivity index (χ1n) is 9.03. The van der Waals surface area contributed by atoms with Crippen LogP contribution in [0.15, 0.2) is 42.7 Å². The minimum atomic E-state index is -0.982. The second-order valence-electron chi connectivity index (χ2n) is 7.34. The van der Waals surface area contributed by atoms with Crippen LogP contribution in [0.25, 0.3) is 0 Å². The Hall–Kier alpha value is -3.36. The molecule has 2 aliphatic rings. The fraction of sp³-hybridized carbons (Fsp3) is 0.400. The van der Waals surface area contributed by atoms with E-state index in [1.165, 1.54) is 36.1 Å². The molecule has 9 nitrogen and oxygen atoms in total. The molecule has 29 heavy (non-hydrogen) atoms. The zero-order chi connectivity index (χ0) is 21.3. The summed E-state index contributed by atoms with van der Waals surface area (Å²) in [5.41, 5.74) is -0.734. The van der Waals surface area contributed by atoms with Gasteiger partial charge in [-0.15, -0.1) is 0 Å². The molecule has 0 fully saturated rings. The molecule has 0 aliphatic carbocycles. The zero-order valence-electron chi connectivity index (χ0n) is 16.4. The number of nitro benzene ring substituents is 1. The highest BCUT2D eigenvalue weighted by Crippen LogP contribution is 2.46. The van der Waals surface area contributed by atoms with Gasteiger partial charge in [-0.3, -0.25) is 19.7 Å². The molecule has 3 rings (SSSR count). The van der Waals surface area contributed by atoms with Crippen LogP contribution in [0.2, 0.25) is 0 Å². The molecule has 2 unspecified atom stereocenters. The molecule has 0 N–H and O–H groups in total. The largest absolute Gasteiger partial charge is 0.492 e. The highest BCUT2D eigenvalue weighted by atomic mass is 16.6. The van der Waals surface area contributed by atoms with Gasteiger partial charge in [0.05, 0.1) is 11.5 Å². The predicted molar refractivity (Wildman–Crippen MR) is 102 cm³/mol. The lowest BCUT2D eigenvalue weighted by atomic mass is 9.85. The van der Waals surface area contributed by atoms with Gasteiger partial charge in [-0.05, 0) is 19.9 Å². The third kappa shape index (κ3) is 3.94. The van der Waals surface area contributed by atoms with Crippen LogP contribution >= 0.6 is 0 Å². The SMILES string of the molecule is C=CCOC1=CC(=O)N(C2c3cc([N+](=O)[O-])ccc3OC(C)(C)C2OC(C)=O)C1. The maximum Gasteiger partial charge on any atom is 0.303 e. The number of benzene rings is 1. The summed E-state index contributed by atoms with van der Waals surface area (Å²) in [5, 5.41) is 11.3. The van der Waals surface area contributed by atoms with E-state index in [0.29, 0.717) is 17.1 Å². The molecular weight excluding hydrogens is 380 g/mol. The number of carbonyl (C=O) groups is 2. The number of amides is 1. The van der Waals surface area contributed by atoms with Crippen LogP contribution in [0.3, 0.4) is 0 Å². The molecule has 0 radical (unpaired) electrons. The lowest BCUT2D eigenvalue weighted by Crippen LogP contribution is -2.55. The molecule has 1 amide bonds. The van der Waals surface area contributed by atoms with Crippen LogP contribution in [0, 0.1) is 10.1 Å². The van der Waals surface area contributed by atoms with E-state index in [1.54, 1.807) is 19.9 Å². The molecule has 1 aromatic carbocycles. The van der Waals surface area contributed by atoms with E-state index >= 15 is 0 Å². The maximum absolute atomic E-state index is 12.7. The first-order chi connectivity index (χ1) is 13.6. The van der Waals surface area contributed by atoms with E-state index in [1.807, 2.05) is 0 Å². The standard InChI is InChI=1S/C20H22N2O7/c1-5-8-27-14-10-17(24)21(11-14)18-15-9-13(22(25)26)6-7-16(15)29-20(3,4)19(18)28-12(2)23/h5-7,9-10,18-19H,1,8,11H2,2-4H3. The van der Waals surface area contributed by atoms with Crippen LogP contribution in [0.5, 0.6) is 5.75 Å². The van der Waals surface area contributed by atoms with Crippen molar-refractivity contribution in [3.8, 4) is 5.75 Å². The average molecular weight is 402 g/mol. The van der Waals surface area contributed by atoms with Crippen molar-refractivity contribution in [3.63, 3.8) is 0 Å². The summed E-state index contributed by atoms with van der Waals surface area (Å²) in [6.45, 7) is 8.69. The Kier molecular flexibility index (Phi) is 5.32. The Labute approximate surface area is 167 Å². The fourth-order valence-electron chi connectivity index (χ4n) is 3.58. The molecule has 9 heteroatoms. The number of fused-ring (bicyclic) bond motifs is 1.